The van der Waals surface area contributed by atoms with Gasteiger partial charge in [-0.1, -0.05) is 19.9 Å². The summed E-state index contributed by atoms with van der Waals surface area (Å²) in [6, 6.07) is 12.6. The third-order valence-electron chi connectivity index (χ3n) is 4.20. The number of aromatic hydroxyl groups is 2. The van der Waals surface area contributed by atoms with E-state index in [2.05, 4.69) is 19.3 Å². The smallest absolute Gasteiger partial charge is 0.189 e. The van der Waals surface area contributed by atoms with E-state index in [0.29, 0.717) is 10.9 Å². The molecule has 0 saturated carbocycles. The lowest BCUT2D eigenvalue weighted by Crippen LogP contribution is -2.30. The standard InChI is InChI=1S/C18H21N3O2S/c1-11(2)15-10-12(4-9-16(15)23)17-20(3)19-18(24)21(17)13-5-7-14(22)8-6-13/h4-11,17,22-23H,1-3H3,(H,19,24). The maximum Gasteiger partial charge on any atom is 0.189 e. The number of rotatable bonds is 3. The first-order valence-corrected chi connectivity index (χ1v) is 8.24. The molecule has 1 aliphatic heterocycles. The lowest BCUT2D eigenvalue weighted by atomic mass is 9.98. The predicted octanol–water partition coefficient (Wildman–Crippen LogP) is 3.46. The normalized spacial score (nSPS) is 18.2. The molecule has 1 unspecified atom stereocenters. The predicted molar refractivity (Wildman–Crippen MR) is 99.0 cm³/mol. The van der Waals surface area contributed by atoms with Crippen molar-refractivity contribution in [2.24, 2.45) is 0 Å². The van der Waals surface area contributed by atoms with Gasteiger partial charge in [0.1, 0.15) is 17.7 Å². The summed E-state index contributed by atoms with van der Waals surface area (Å²) in [5.41, 5.74) is 5.98. The Hall–Kier alpha value is -2.31. The van der Waals surface area contributed by atoms with Gasteiger partial charge in [-0.25, -0.2) is 0 Å². The molecule has 5 nitrogen and oxygen atoms in total. The lowest BCUT2D eigenvalue weighted by Gasteiger charge is -2.28. The number of thiocarbonyl (C=S) groups is 1. The Kier molecular flexibility index (Phi) is 4.34. The van der Waals surface area contributed by atoms with Crippen LogP contribution in [0.5, 0.6) is 11.5 Å². The zero-order valence-electron chi connectivity index (χ0n) is 13.9. The van der Waals surface area contributed by atoms with Gasteiger partial charge in [0, 0.05) is 12.7 Å². The van der Waals surface area contributed by atoms with E-state index in [4.69, 9.17) is 12.2 Å². The van der Waals surface area contributed by atoms with Gasteiger partial charge in [-0.05, 0) is 65.7 Å². The Labute approximate surface area is 147 Å². The number of benzene rings is 2. The van der Waals surface area contributed by atoms with Gasteiger partial charge < -0.3 is 10.2 Å². The topological polar surface area (TPSA) is 59.0 Å². The summed E-state index contributed by atoms with van der Waals surface area (Å²) in [6.07, 6.45) is -0.139. The second-order valence-electron chi connectivity index (χ2n) is 6.26. The van der Waals surface area contributed by atoms with Crippen LogP contribution < -0.4 is 10.3 Å². The molecule has 0 spiro atoms. The van der Waals surface area contributed by atoms with Crippen molar-refractivity contribution < 1.29 is 10.2 Å². The minimum absolute atomic E-state index is 0.139. The van der Waals surface area contributed by atoms with Gasteiger partial charge in [0.15, 0.2) is 5.11 Å². The molecule has 6 heteroatoms. The van der Waals surface area contributed by atoms with E-state index in [-0.39, 0.29) is 17.8 Å². The number of nitrogens with zero attached hydrogens (tertiary/aromatic N) is 2. The zero-order chi connectivity index (χ0) is 17.4. The van der Waals surface area contributed by atoms with Crippen molar-refractivity contribution in [1.82, 2.24) is 10.4 Å². The van der Waals surface area contributed by atoms with Crippen LogP contribution in [0, 0.1) is 0 Å². The van der Waals surface area contributed by atoms with Crippen LogP contribution in [0.3, 0.4) is 0 Å². The highest BCUT2D eigenvalue weighted by atomic mass is 32.1. The monoisotopic (exact) mass is 343 g/mol. The fraction of sp³-hybridized carbons (Fsp3) is 0.278. The summed E-state index contributed by atoms with van der Waals surface area (Å²) in [7, 11) is 1.93. The highest BCUT2D eigenvalue weighted by Crippen LogP contribution is 2.36. The van der Waals surface area contributed by atoms with Crippen LogP contribution in [0.25, 0.3) is 0 Å². The third-order valence-corrected chi connectivity index (χ3v) is 4.49. The number of hydrogen-bond donors (Lipinski definition) is 3. The fourth-order valence-electron chi connectivity index (χ4n) is 2.99. The van der Waals surface area contributed by atoms with Crippen molar-refractivity contribution in [1.29, 1.82) is 0 Å². The molecule has 0 amide bonds. The average Bonchev–Trinajstić information content (AvgIpc) is 2.83. The number of phenols is 2. The van der Waals surface area contributed by atoms with Crippen molar-refractivity contribution in [3.05, 3.63) is 53.6 Å². The lowest BCUT2D eigenvalue weighted by molar-refractivity contribution is 0.252. The molecule has 2 aromatic rings. The van der Waals surface area contributed by atoms with E-state index in [1.165, 1.54) is 0 Å². The molecule has 0 radical (unpaired) electrons. The van der Waals surface area contributed by atoms with Gasteiger partial charge in [0.2, 0.25) is 0 Å². The van der Waals surface area contributed by atoms with Gasteiger partial charge >= 0.3 is 0 Å². The molecule has 3 rings (SSSR count). The molecular weight excluding hydrogens is 322 g/mol. The van der Waals surface area contributed by atoms with E-state index in [1.807, 2.05) is 41.2 Å². The molecule has 1 atom stereocenters. The van der Waals surface area contributed by atoms with Crippen LogP contribution in [-0.4, -0.2) is 27.4 Å². The van der Waals surface area contributed by atoms with Crippen LogP contribution in [0.1, 0.15) is 37.1 Å². The molecule has 1 saturated heterocycles. The molecule has 24 heavy (non-hydrogen) atoms. The minimum atomic E-state index is -0.139. The van der Waals surface area contributed by atoms with Gasteiger partial charge in [0.05, 0.1) is 0 Å². The van der Waals surface area contributed by atoms with E-state index in [9.17, 15) is 10.2 Å². The first-order valence-electron chi connectivity index (χ1n) is 7.83. The number of anilines is 1. The second-order valence-corrected chi connectivity index (χ2v) is 6.65. The summed E-state index contributed by atoms with van der Waals surface area (Å²) in [5.74, 6) is 0.744. The SMILES string of the molecule is CC(C)c1cc(C2N(C)NC(=S)N2c2ccc(O)cc2)ccc1O. The van der Waals surface area contributed by atoms with Gasteiger partial charge in [-0.15, -0.1) is 0 Å². The number of nitrogens with one attached hydrogen (secondary N) is 1. The number of hydrazine groups is 1. The van der Waals surface area contributed by atoms with Crippen LogP contribution in [0.15, 0.2) is 42.5 Å². The van der Waals surface area contributed by atoms with Crippen LogP contribution >= 0.6 is 12.2 Å². The summed E-state index contributed by atoms with van der Waals surface area (Å²) in [4.78, 5) is 1.99. The molecule has 0 aliphatic carbocycles. The highest BCUT2D eigenvalue weighted by molar-refractivity contribution is 7.80. The van der Waals surface area contributed by atoms with Crippen LogP contribution in [0.2, 0.25) is 0 Å². The van der Waals surface area contributed by atoms with E-state index >= 15 is 0 Å². The maximum atomic E-state index is 10.1. The van der Waals surface area contributed by atoms with E-state index in [1.54, 1.807) is 18.2 Å². The fourth-order valence-corrected chi connectivity index (χ4v) is 3.34. The molecule has 0 bridgehead atoms. The number of hydrogen-bond acceptors (Lipinski definition) is 4. The largest absolute Gasteiger partial charge is 0.508 e. The Bertz CT molecular complexity index is 761. The zero-order valence-corrected chi connectivity index (χ0v) is 14.7. The molecule has 2 aromatic carbocycles. The molecule has 3 N–H and O–H groups in total. The Morgan fingerprint density at radius 1 is 1.08 bits per heavy atom. The maximum absolute atomic E-state index is 10.1. The Morgan fingerprint density at radius 3 is 2.38 bits per heavy atom. The molecule has 1 aliphatic rings. The number of phenolic OH excluding ortho intramolecular Hbond substituents is 2. The quantitative estimate of drug-likeness (QED) is 0.742. The van der Waals surface area contributed by atoms with Crippen molar-refractivity contribution in [2.75, 3.05) is 11.9 Å². The molecule has 1 fully saturated rings. The Balaban J connectivity index is 2.05. The van der Waals surface area contributed by atoms with E-state index in [0.717, 1.165) is 16.8 Å². The summed E-state index contributed by atoms with van der Waals surface area (Å²) >= 11 is 5.48. The Morgan fingerprint density at radius 2 is 1.75 bits per heavy atom. The summed E-state index contributed by atoms with van der Waals surface area (Å²) < 4.78 is 0. The average molecular weight is 343 g/mol. The highest BCUT2D eigenvalue weighted by Gasteiger charge is 2.35. The van der Waals surface area contributed by atoms with Crippen molar-refractivity contribution in [3.8, 4) is 11.5 Å². The van der Waals surface area contributed by atoms with Crippen LogP contribution in [-0.2, 0) is 0 Å². The van der Waals surface area contributed by atoms with Crippen molar-refractivity contribution in [3.63, 3.8) is 0 Å². The van der Waals surface area contributed by atoms with Gasteiger partial charge in [-0.3, -0.25) is 10.3 Å². The van der Waals surface area contributed by atoms with E-state index < -0.39 is 0 Å². The first kappa shape index (κ1) is 16.5. The summed E-state index contributed by atoms with van der Waals surface area (Å²) in [6.45, 7) is 4.11. The second kappa shape index (κ2) is 6.30. The molecule has 126 valence electrons. The third kappa shape index (κ3) is 2.90. The minimum Gasteiger partial charge on any atom is -0.508 e. The van der Waals surface area contributed by atoms with Crippen LogP contribution in [0.4, 0.5) is 5.69 Å². The molecule has 0 aromatic heterocycles. The van der Waals surface area contributed by atoms with Gasteiger partial charge in [-0.2, -0.15) is 5.01 Å². The van der Waals surface area contributed by atoms with Crippen molar-refractivity contribution >= 4 is 23.0 Å². The molecular formula is C18H21N3O2S. The molecule has 1 heterocycles. The summed E-state index contributed by atoms with van der Waals surface area (Å²) in [5, 5.41) is 22.1. The first-order chi connectivity index (χ1) is 11.4. The van der Waals surface area contributed by atoms with Gasteiger partial charge in [0.25, 0.3) is 0 Å². The van der Waals surface area contributed by atoms with Crippen molar-refractivity contribution in [2.45, 2.75) is 25.9 Å².